The van der Waals surface area contributed by atoms with Crippen LogP contribution in [0, 0.1) is 0 Å². The van der Waals surface area contributed by atoms with E-state index in [1.165, 1.54) is 10.5 Å². The number of carbonyl (C=O) groups excluding carboxylic acids is 1. The molecule has 0 spiro atoms. The quantitative estimate of drug-likeness (QED) is 0.589. The molecule has 0 N–H and O–H groups in total. The fourth-order valence-electron chi connectivity index (χ4n) is 1.24. The molecule has 0 bridgehead atoms. The van der Waals surface area contributed by atoms with Gasteiger partial charge < -0.3 is 0 Å². The normalized spacial score (nSPS) is 19.7. The summed E-state index contributed by atoms with van der Waals surface area (Å²) < 4.78 is 11.4. The predicted molar refractivity (Wildman–Crippen MR) is 56.8 cm³/mol. The standard InChI is InChI=1S/C11H10O3Se/c1-13-9-7-10(12)14-11(9)15-8-5-3-2-4-6-8/h2-7,11H,1H3. The van der Waals surface area contributed by atoms with Gasteiger partial charge in [-0.2, -0.15) is 0 Å². The van der Waals surface area contributed by atoms with Crippen LogP contribution >= 0.6 is 0 Å². The Kier molecular flexibility index (Phi) is 3.09. The Labute approximate surface area is 94.2 Å². The number of benzene rings is 1. The van der Waals surface area contributed by atoms with Crippen molar-refractivity contribution >= 4 is 25.4 Å². The molecule has 0 saturated carbocycles. The van der Waals surface area contributed by atoms with Gasteiger partial charge in [-0.3, -0.25) is 0 Å². The Balaban J connectivity index is 2.08. The molecule has 1 unspecified atom stereocenters. The van der Waals surface area contributed by atoms with Crippen molar-refractivity contribution in [2.45, 2.75) is 5.00 Å². The number of methoxy groups -OCH3 is 1. The first-order valence-corrected chi connectivity index (χ1v) is 6.32. The van der Waals surface area contributed by atoms with Gasteiger partial charge in [0, 0.05) is 0 Å². The molecule has 1 heterocycles. The maximum atomic E-state index is 11.0. The Morgan fingerprint density at radius 2 is 2.07 bits per heavy atom. The van der Waals surface area contributed by atoms with Crippen molar-refractivity contribution in [1.29, 1.82) is 0 Å². The molecule has 0 radical (unpaired) electrons. The van der Waals surface area contributed by atoms with Crippen molar-refractivity contribution in [3.05, 3.63) is 42.2 Å². The van der Waals surface area contributed by atoms with Crippen molar-refractivity contribution in [2.24, 2.45) is 0 Å². The van der Waals surface area contributed by atoms with Crippen LogP contribution in [0.4, 0.5) is 0 Å². The van der Waals surface area contributed by atoms with Gasteiger partial charge >= 0.3 is 93.9 Å². The van der Waals surface area contributed by atoms with Gasteiger partial charge in [0.25, 0.3) is 0 Å². The van der Waals surface area contributed by atoms with Crippen LogP contribution in [-0.2, 0) is 14.3 Å². The Bertz CT molecular complexity index is 386. The molecule has 0 saturated heterocycles. The predicted octanol–water partition coefficient (Wildman–Crippen LogP) is 0.429. The van der Waals surface area contributed by atoms with Crippen LogP contribution in [0.3, 0.4) is 0 Å². The topological polar surface area (TPSA) is 35.5 Å². The van der Waals surface area contributed by atoms with E-state index in [0.29, 0.717) is 5.76 Å². The molecule has 0 fully saturated rings. The minimum atomic E-state index is -0.311. The Morgan fingerprint density at radius 1 is 1.33 bits per heavy atom. The van der Waals surface area contributed by atoms with E-state index in [0.717, 1.165) is 0 Å². The van der Waals surface area contributed by atoms with Gasteiger partial charge in [0.1, 0.15) is 0 Å². The van der Waals surface area contributed by atoms with E-state index in [-0.39, 0.29) is 25.9 Å². The first-order chi connectivity index (χ1) is 7.29. The van der Waals surface area contributed by atoms with Crippen molar-refractivity contribution in [1.82, 2.24) is 0 Å². The molecule has 1 aromatic carbocycles. The van der Waals surface area contributed by atoms with E-state index in [1.54, 1.807) is 7.11 Å². The van der Waals surface area contributed by atoms with Gasteiger partial charge in [0.15, 0.2) is 0 Å². The minimum absolute atomic E-state index is 0.0647. The van der Waals surface area contributed by atoms with Crippen LogP contribution in [0.5, 0.6) is 0 Å². The van der Waals surface area contributed by atoms with Crippen molar-refractivity contribution in [3.63, 3.8) is 0 Å². The van der Waals surface area contributed by atoms with Gasteiger partial charge in [0.2, 0.25) is 0 Å². The summed E-state index contributed by atoms with van der Waals surface area (Å²) >= 11 is 0.0647. The molecular weight excluding hydrogens is 259 g/mol. The molecular formula is C11H10O3Se. The summed E-state index contributed by atoms with van der Waals surface area (Å²) in [7, 11) is 1.56. The molecule has 0 amide bonds. The molecule has 2 rings (SSSR count). The SMILES string of the molecule is COC1=CC(=O)OC1[Se]c1ccccc1. The van der Waals surface area contributed by atoms with Crippen LogP contribution in [0.15, 0.2) is 42.2 Å². The van der Waals surface area contributed by atoms with Crippen LogP contribution in [0.25, 0.3) is 0 Å². The summed E-state index contributed by atoms with van der Waals surface area (Å²) in [5.41, 5.74) is 0. The zero-order valence-corrected chi connectivity index (χ0v) is 9.89. The summed E-state index contributed by atoms with van der Waals surface area (Å²) in [6.07, 6.45) is 1.41. The zero-order chi connectivity index (χ0) is 10.7. The fourth-order valence-corrected chi connectivity index (χ4v) is 3.31. The summed E-state index contributed by atoms with van der Waals surface area (Å²) in [6, 6.07) is 9.97. The summed E-state index contributed by atoms with van der Waals surface area (Å²) in [5, 5.41) is -0.211. The maximum absolute atomic E-state index is 11.0. The van der Waals surface area contributed by atoms with Gasteiger partial charge in [-0.15, -0.1) is 0 Å². The van der Waals surface area contributed by atoms with E-state index in [1.807, 2.05) is 30.3 Å². The molecule has 15 heavy (non-hydrogen) atoms. The second kappa shape index (κ2) is 4.51. The van der Waals surface area contributed by atoms with Crippen molar-refractivity contribution in [3.8, 4) is 0 Å². The molecule has 1 aromatic rings. The third kappa shape index (κ3) is 2.41. The first-order valence-electron chi connectivity index (χ1n) is 4.47. The van der Waals surface area contributed by atoms with Crippen LogP contribution in [0.2, 0.25) is 0 Å². The molecule has 4 heteroatoms. The fraction of sp³-hybridized carbons (Fsp3) is 0.182. The number of esters is 1. The zero-order valence-electron chi connectivity index (χ0n) is 8.17. The Morgan fingerprint density at radius 3 is 2.73 bits per heavy atom. The molecule has 1 atom stereocenters. The van der Waals surface area contributed by atoms with Gasteiger partial charge in [0.05, 0.1) is 0 Å². The number of ether oxygens (including phenoxy) is 2. The van der Waals surface area contributed by atoms with Crippen molar-refractivity contribution < 1.29 is 14.3 Å². The Hall–Kier alpha value is -1.25. The monoisotopic (exact) mass is 270 g/mol. The van der Waals surface area contributed by atoms with Crippen LogP contribution < -0.4 is 4.46 Å². The molecule has 78 valence electrons. The second-order valence-electron chi connectivity index (χ2n) is 2.95. The summed E-state index contributed by atoms with van der Waals surface area (Å²) in [5.74, 6) is 0.318. The van der Waals surface area contributed by atoms with E-state index in [2.05, 4.69) is 0 Å². The third-order valence-electron chi connectivity index (χ3n) is 1.94. The number of rotatable bonds is 3. The van der Waals surface area contributed by atoms with Crippen LogP contribution in [0.1, 0.15) is 0 Å². The van der Waals surface area contributed by atoms with Crippen molar-refractivity contribution in [2.75, 3.05) is 7.11 Å². The number of carbonyl (C=O) groups is 1. The molecule has 3 nitrogen and oxygen atoms in total. The van der Waals surface area contributed by atoms with Crippen LogP contribution in [-0.4, -0.2) is 33.0 Å². The second-order valence-corrected chi connectivity index (χ2v) is 5.33. The number of cyclic esters (lactones) is 1. The molecule has 1 aliphatic heterocycles. The van der Waals surface area contributed by atoms with E-state index in [4.69, 9.17) is 9.47 Å². The first kappa shape index (κ1) is 10.3. The van der Waals surface area contributed by atoms with Gasteiger partial charge in [-0.05, 0) is 0 Å². The molecule has 0 aromatic heterocycles. The number of hydrogen-bond acceptors (Lipinski definition) is 3. The van der Waals surface area contributed by atoms with Gasteiger partial charge in [-0.1, -0.05) is 0 Å². The van der Waals surface area contributed by atoms with E-state index < -0.39 is 0 Å². The van der Waals surface area contributed by atoms with E-state index in [9.17, 15) is 4.79 Å². The van der Waals surface area contributed by atoms with Gasteiger partial charge in [-0.25, -0.2) is 0 Å². The molecule has 0 aliphatic carbocycles. The third-order valence-corrected chi connectivity index (χ3v) is 4.22. The average Bonchev–Trinajstić information content (AvgIpc) is 2.60. The average molecular weight is 269 g/mol. The summed E-state index contributed by atoms with van der Waals surface area (Å²) in [6.45, 7) is 0. The summed E-state index contributed by atoms with van der Waals surface area (Å²) in [4.78, 5) is 11.0. The number of hydrogen-bond donors (Lipinski definition) is 0. The molecule has 1 aliphatic rings. The van der Waals surface area contributed by atoms with E-state index >= 15 is 0 Å².